The maximum Gasteiger partial charge on any atom is 0.342 e. The summed E-state index contributed by atoms with van der Waals surface area (Å²) in [4.78, 5) is 28.2. The van der Waals surface area contributed by atoms with Gasteiger partial charge in [-0.1, -0.05) is 18.2 Å². The number of thiazole rings is 1. The molecule has 9 heteroatoms. The van der Waals surface area contributed by atoms with Crippen LogP contribution in [0.15, 0.2) is 58.5 Å². The Labute approximate surface area is 176 Å². The predicted octanol–water partition coefficient (Wildman–Crippen LogP) is 4.21. The van der Waals surface area contributed by atoms with Crippen LogP contribution in [0.2, 0.25) is 0 Å². The molecule has 3 aromatic heterocycles. The molecule has 0 aliphatic heterocycles. The Kier molecular flexibility index (Phi) is 5.44. The van der Waals surface area contributed by atoms with Crippen LogP contribution in [0.25, 0.3) is 17.1 Å². The molecule has 0 fully saturated rings. The van der Waals surface area contributed by atoms with E-state index in [4.69, 9.17) is 9.15 Å². The molecule has 0 atom stereocenters. The Morgan fingerprint density at radius 1 is 1.20 bits per heavy atom. The van der Waals surface area contributed by atoms with Crippen molar-refractivity contribution < 1.29 is 18.7 Å². The fraction of sp³-hybridized carbons (Fsp3) is 0.143. The van der Waals surface area contributed by atoms with Crippen LogP contribution in [0.1, 0.15) is 28.7 Å². The molecule has 0 saturated heterocycles. The second-order valence-electron chi connectivity index (χ2n) is 6.48. The van der Waals surface area contributed by atoms with Gasteiger partial charge in [0.2, 0.25) is 5.91 Å². The van der Waals surface area contributed by atoms with E-state index in [2.05, 4.69) is 15.4 Å². The van der Waals surface area contributed by atoms with Crippen LogP contribution in [-0.4, -0.2) is 26.6 Å². The monoisotopic (exact) mass is 422 g/mol. The minimum Gasteiger partial charge on any atom is -0.460 e. The molecule has 1 N–H and O–H groups in total. The van der Waals surface area contributed by atoms with E-state index < -0.39 is 5.97 Å². The second kappa shape index (κ2) is 8.34. The molecule has 4 aromatic rings. The minimum atomic E-state index is -0.546. The molecule has 0 bridgehead atoms. The van der Waals surface area contributed by atoms with Gasteiger partial charge in [-0.3, -0.25) is 4.79 Å². The number of carbonyl (C=O) groups is 2. The van der Waals surface area contributed by atoms with Crippen LogP contribution in [0.4, 0.5) is 5.13 Å². The van der Waals surface area contributed by atoms with Gasteiger partial charge in [0.25, 0.3) is 0 Å². The number of amides is 1. The smallest absolute Gasteiger partial charge is 0.342 e. The number of benzene rings is 1. The van der Waals surface area contributed by atoms with Gasteiger partial charge in [-0.2, -0.15) is 5.10 Å². The third kappa shape index (κ3) is 4.31. The lowest BCUT2D eigenvalue weighted by molar-refractivity contribution is -0.114. The van der Waals surface area contributed by atoms with Gasteiger partial charge >= 0.3 is 5.97 Å². The summed E-state index contributed by atoms with van der Waals surface area (Å²) < 4.78 is 12.7. The number of para-hydroxylation sites is 1. The van der Waals surface area contributed by atoms with Crippen molar-refractivity contribution in [3.63, 3.8) is 0 Å². The van der Waals surface area contributed by atoms with E-state index in [-0.39, 0.29) is 18.1 Å². The fourth-order valence-electron chi connectivity index (χ4n) is 2.78. The summed E-state index contributed by atoms with van der Waals surface area (Å²) in [5.41, 5.74) is 2.03. The van der Waals surface area contributed by atoms with Crippen LogP contribution in [-0.2, 0) is 16.1 Å². The van der Waals surface area contributed by atoms with Crippen molar-refractivity contribution in [3.05, 3.63) is 71.1 Å². The van der Waals surface area contributed by atoms with Crippen molar-refractivity contribution in [1.29, 1.82) is 0 Å². The predicted molar refractivity (Wildman–Crippen MR) is 112 cm³/mol. The highest BCUT2D eigenvalue weighted by molar-refractivity contribution is 7.13. The molecule has 1 aromatic carbocycles. The number of anilines is 1. The van der Waals surface area contributed by atoms with E-state index in [0.29, 0.717) is 28.0 Å². The molecular weight excluding hydrogens is 404 g/mol. The molecule has 30 heavy (non-hydrogen) atoms. The molecule has 0 aliphatic carbocycles. The number of hydrogen-bond acceptors (Lipinski definition) is 7. The Hall–Kier alpha value is -3.72. The van der Waals surface area contributed by atoms with Crippen molar-refractivity contribution >= 4 is 28.3 Å². The number of nitrogens with zero attached hydrogens (tertiary/aromatic N) is 3. The van der Waals surface area contributed by atoms with Gasteiger partial charge in [-0.05, 0) is 31.2 Å². The van der Waals surface area contributed by atoms with Gasteiger partial charge in [-0.25, -0.2) is 14.5 Å². The molecule has 8 nitrogen and oxygen atoms in total. The largest absolute Gasteiger partial charge is 0.460 e. The van der Waals surface area contributed by atoms with Crippen molar-refractivity contribution in [1.82, 2.24) is 14.8 Å². The zero-order valence-electron chi connectivity index (χ0n) is 16.3. The first-order valence-corrected chi connectivity index (χ1v) is 9.98. The van der Waals surface area contributed by atoms with Crippen molar-refractivity contribution in [2.45, 2.75) is 20.5 Å². The normalized spacial score (nSPS) is 10.7. The molecule has 0 saturated carbocycles. The number of nitrogens with one attached hydrogen (secondary N) is 1. The highest BCUT2D eigenvalue weighted by atomic mass is 32.1. The minimum absolute atomic E-state index is 0.0257. The summed E-state index contributed by atoms with van der Waals surface area (Å²) in [6.07, 6.45) is 1.62. The summed E-state index contributed by atoms with van der Waals surface area (Å²) in [6, 6.07) is 13.0. The first kappa shape index (κ1) is 19.6. The number of aryl methyl sites for hydroxylation is 1. The Morgan fingerprint density at radius 2 is 2.00 bits per heavy atom. The van der Waals surface area contributed by atoms with E-state index in [0.717, 1.165) is 5.69 Å². The summed E-state index contributed by atoms with van der Waals surface area (Å²) in [5.74, 6) is 0.442. The third-order valence-corrected chi connectivity index (χ3v) is 4.92. The Bertz CT molecular complexity index is 1190. The van der Waals surface area contributed by atoms with Gasteiger partial charge in [0.1, 0.15) is 23.6 Å². The van der Waals surface area contributed by atoms with Crippen LogP contribution in [0.3, 0.4) is 0 Å². The van der Waals surface area contributed by atoms with Gasteiger partial charge < -0.3 is 14.5 Å². The second-order valence-corrected chi connectivity index (χ2v) is 7.34. The van der Waals surface area contributed by atoms with Crippen LogP contribution in [0.5, 0.6) is 0 Å². The summed E-state index contributed by atoms with van der Waals surface area (Å²) in [6.45, 7) is 3.20. The van der Waals surface area contributed by atoms with Gasteiger partial charge in [0.15, 0.2) is 10.9 Å². The number of rotatable bonds is 6. The summed E-state index contributed by atoms with van der Waals surface area (Å²) in [7, 11) is 0. The van der Waals surface area contributed by atoms with Gasteiger partial charge in [0, 0.05) is 18.5 Å². The van der Waals surface area contributed by atoms with E-state index in [1.165, 1.54) is 18.3 Å². The third-order valence-electron chi connectivity index (χ3n) is 4.11. The molecule has 0 radical (unpaired) electrons. The zero-order valence-corrected chi connectivity index (χ0v) is 17.1. The van der Waals surface area contributed by atoms with E-state index in [1.54, 1.807) is 22.3 Å². The number of ether oxygens (including phenoxy) is 1. The molecule has 4 rings (SSSR count). The fourth-order valence-corrected chi connectivity index (χ4v) is 3.52. The SMILES string of the molecule is CC(=O)Nc1nc(COC(=O)c2cn(-c3ccccc3)nc2-c2ccc(C)o2)cs1. The molecule has 0 unspecified atom stereocenters. The van der Waals surface area contributed by atoms with E-state index in [9.17, 15) is 9.59 Å². The van der Waals surface area contributed by atoms with E-state index in [1.807, 2.05) is 43.3 Å². The maximum absolute atomic E-state index is 12.8. The Balaban J connectivity index is 1.58. The number of esters is 1. The lowest BCUT2D eigenvalue weighted by Crippen LogP contribution is -2.07. The Morgan fingerprint density at radius 3 is 2.70 bits per heavy atom. The van der Waals surface area contributed by atoms with Crippen LogP contribution in [0, 0.1) is 6.92 Å². The highest BCUT2D eigenvalue weighted by Gasteiger charge is 2.22. The lowest BCUT2D eigenvalue weighted by Gasteiger charge is -2.02. The summed E-state index contributed by atoms with van der Waals surface area (Å²) in [5, 5.41) is 9.32. The quantitative estimate of drug-likeness (QED) is 0.467. The topological polar surface area (TPSA) is 99.2 Å². The number of hydrogen-bond donors (Lipinski definition) is 1. The number of carbonyl (C=O) groups excluding carboxylic acids is 2. The van der Waals surface area contributed by atoms with Crippen molar-refractivity contribution in [3.8, 4) is 17.1 Å². The van der Waals surface area contributed by atoms with Crippen LogP contribution >= 0.6 is 11.3 Å². The van der Waals surface area contributed by atoms with Crippen LogP contribution < -0.4 is 5.32 Å². The molecule has 0 aliphatic rings. The van der Waals surface area contributed by atoms with Gasteiger partial charge in [0.05, 0.1) is 11.4 Å². The first-order chi connectivity index (χ1) is 14.5. The van der Waals surface area contributed by atoms with Crippen molar-refractivity contribution in [2.24, 2.45) is 0 Å². The number of aromatic nitrogens is 3. The lowest BCUT2D eigenvalue weighted by atomic mass is 10.2. The molecule has 1 amide bonds. The molecule has 152 valence electrons. The van der Waals surface area contributed by atoms with Crippen molar-refractivity contribution in [2.75, 3.05) is 5.32 Å². The first-order valence-electron chi connectivity index (χ1n) is 9.10. The highest BCUT2D eigenvalue weighted by Crippen LogP contribution is 2.27. The van der Waals surface area contributed by atoms with E-state index >= 15 is 0 Å². The standard InChI is InChI=1S/C21H18N4O4S/c1-13-8-9-18(29-13)19-17(10-25(24-19)16-6-4-3-5-7-16)20(27)28-11-15-12-30-21(23-15)22-14(2)26/h3-10,12H,11H2,1-2H3,(H,22,23,26). The molecule has 3 heterocycles. The molecule has 0 spiro atoms. The average Bonchev–Trinajstić information content (AvgIpc) is 3.46. The molecular formula is C21H18N4O4S. The van der Waals surface area contributed by atoms with Gasteiger partial charge in [-0.15, -0.1) is 11.3 Å². The summed E-state index contributed by atoms with van der Waals surface area (Å²) >= 11 is 1.26. The zero-order chi connectivity index (χ0) is 21.1. The average molecular weight is 422 g/mol. The maximum atomic E-state index is 12.8. The number of furan rings is 1.